The van der Waals surface area contributed by atoms with E-state index >= 15 is 0 Å². The molecule has 0 fully saturated rings. The molecule has 1 aromatic carbocycles. The summed E-state index contributed by atoms with van der Waals surface area (Å²) in [6, 6.07) is 10.5. The molecule has 0 unspecified atom stereocenters. The SMILES string of the molecule is Cc1ccnc([N-]S(=O)(=O)c2ccc(NC(=O)c3ccncc3)cc2)n1. The molecule has 8 nitrogen and oxygen atoms in total. The van der Waals surface area contributed by atoms with Gasteiger partial charge in [-0.15, -0.1) is 0 Å². The minimum Gasteiger partial charge on any atom is -0.366 e. The van der Waals surface area contributed by atoms with Crippen LogP contribution >= 0.6 is 0 Å². The highest BCUT2D eigenvalue weighted by Crippen LogP contribution is 2.25. The number of carbonyl (C=O) groups excluding carboxylic acids is 1. The molecule has 3 aromatic rings. The maximum Gasteiger partial charge on any atom is 0.255 e. The predicted molar refractivity (Wildman–Crippen MR) is 95.6 cm³/mol. The lowest BCUT2D eigenvalue weighted by Crippen LogP contribution is -2.11. The van der Waals surface area contributed by atoms with Crippen LogP contribution < -0.4 is 5.32 Å². The molecule has 3 rings (SSSR count). The van der Waals surface area contributed by atoms with Crippen molar-refractivity contribution in [3.05, 3.63) is 77.0 Å². The number of nitrogens with zero attached hydrogens (tertiary/aromatic N) is 4. The molecule has 1 amide bonds. The average molecular weight is 368 g/mol. The summed E-state index contributed by atoms with van der Waals surface area (Å²) in [4.78, 5) is 23.7. The van der Waals surface area contributed by atoms with Crippen LogP contribution in [-0.2, 0) is 10.0 Å². The maximum atomic E-state index is 12.3. The molecule has 2 aromatic heterocycles. The number of carbonyl (C=O) groups is 1. The van der Waals surface area contributed by atoms with E-state index in [1.54, 1.807) is 25.1 Å². The van der Waals surface area contributed by atoms with Crippen molar-refractivity contribution in [3.8, 4) is 0 Å². The fraction of sp³-hybridized carbons (Fsp3) is 0.0588. The monoisotopic (exact) mass is 368 g/mol. The summed E-state index contributed by atoms with van der Waals surface area (Å²) in [5.41, 5.74) is 1.52. The first-order valence-electron chi connectivity index (χ1n) is 7.53. The maximum absolute atomic E-state index is 12.3. The second-order valence-corrected chi connectivity index (χ2v) is 6.88. The summed E-state index contributed by atoms with van der Waals surface area (Å²) in [7, 11) is -3.95. The summed E-state index contributed by atoms with van der Waals surface area (Å²) in [6.45, 7) is 1.72. The zero-order valence-electron chi connectivity index (χ0n) is 13.7. The number of rotatable bonds is 5. The zero-order valence-corrected chi connectivity index (χ0v) is 14.5. The molecule has 0 saturated heterocycles. The number of aryl methyl sites for hydroxylation is 1. The molecule has 0 aliphatic carbocycles. The van der Waals surface area contributed by atoms with Gasteiger partial charge in [0.05, 0.1) is 4.90 Å². The third-order valence-electron chi connectivity index (χ3n) is 3.34. The quantitative estimate of drug-likeness (QED) is 0.740. The van der Waals surface area contributed by atoms with Crippen molar-refractivity contribution >= 4 is 27.6 Å². The van der Waals surface area contributed by atoms with E-state index in [4.69, 9.17) is 0 Å². The molecule has 0 spiro atoms. The average Bonchev–Trinajstić information content (AvgIpc) is 2.62. The van der Waals surface area contributed by atoms with Crippen molar-refractivity contribution in [2.24, 2.45) is 0 Å². The number of pyridine rings is 1. The van der Waals surface area contributed by atoms with Crippen LogP contribution in [0.4, 0.5) is 11.6 Å². The number of hydrogen-bond donors (Lipinski definition) is 1. The van der Waals surface area contributed by atoms with Gasteiger partial charge in [-0.3, -0.25) is 14.5 Å². The molecule has 0 aliphatic rings. The summed E-state index contributed by atoms with van der Waals surface area (Å²) in [5.74, 6) is -0.444. The highest BCUT2D eigenvalue weighted by Gasteiger charge is 2.12. The standard InChI is InChI=1S/C17H15N5O3S/c1-12-6-11-19-17(20-12)22-26(24,25)15-4-2-14(3-5-15)21-16(23)13-7-9-18-10-8-13/h2-11H,1H3,(H2,19,20,21,22,23)/p-1. The minimum atomic E-state index is -3.95. The van der Waals surface area contributed by atoms with Crippen molar-refractivity contribution < 1.29 is 13.2 Å². The topological polar surface area (TPSA) is 116 Å². The van der Waals surface area contributed by atoms with Crippen molar-refractivity contribution in [1.29, 1.82) is 0 Å². The molecule has 26 heavy (non-hydrogen) atoms. The first-order valence-corrected chi connectivity index (χ1v) is 8.97. The number of nitrogens with one attached hydrogen (secondary N) is 1. The van der Waals surface area contributed by atoms with E-state index in [0.717, 1.165) is 0 Å². The van der Waals surface area contributed by atoms with Gasteiger partial charge in [-0.25, -0.2) is 8.42 Å². The molecule has 0 bridgehead atoms. The first-order chi connectivity index (χ1) is 12.4. The fourth-order valence-corrected chi connectivity index (χ4v) is 2.95. The van der Waals surface area contributed by atoms with Crippen LogP contribution in [0.25, 0.3) is 4.72 Å². The highest BCUT2D eigenvalue weighted by molar-refractivity contribution is 7.94. The van der Waals surface area contributed by atoms with Crippen molar-refractivity contribution in [3.63, 3.8) is 0 Å². The number of amides is 1. The number of anilines is 1. The van der Waals surface area contributed by atoms with Crippen LogP contribution in [0, 0.1) is 6.92 Å². The minimum absolute atomic E-state index is 0.0236. The largest absolute Gasteiger partial charge is 0.366 e. The van der Waals surface area contributed by atoms with Crippen molar-refractivity contribution in [2.75, 3.05) is 5.32 Å². The van der Waals surface area contributed by atoms with Crippen LogP contribution in [0.5, 0.6) is 0 Å². The zero-order chi connectivity index (χ0) is 18.6. The summed E-state index contributed by atoms with van der Waals surface area (Å²) in [6.07, 6.45) is 4.47. The Morgan fingerprint density at radius 3 is 2.35 bits per heavy atom. The Balaban J connectivity index is 1.73. The van der Waals surface area contributed by atoms with Gasteiger partial charge in [-0.05, 0) is 55.2 Å². The smallest absolute Gasteiger partial charge is 0.255 e. The lowest BCUT2D eigenvalue weighted by atomic mass is 10.2. The van der Waals surface area contributed by atoms with Gasteiger partial charge in [-0.1, -0.05) is 6.07 Å². The van der Waals surface area contributed by atoms with Crippen LogP contribution in [0.15, 0.2) is 66.0 Å². The molecule has 0 saturated carbocycles. The van der Waals surface area contributed by atoms with E-state index in [9.17, 15) is 13.2 Å². The molecule has 132 valence electrons. The van der Waals surface area contributed by atoms with E-state index in [1.807, 2.05) is 0 Å². The molecule has 0 radical (unpaired) electrons. The Morgan fingerprint density at radius 1 is 1.00 bits per heavy atom. The van der Waals surface area contributed by atoms with E-state index in [-0.39, 0.29) is 16.8 Å². The molecule has 9 heteroatoms. The van der Waals surface area contributed by atoms with Gasteiger partial charge in [0.2, 0.25) is 10.0 Å². The van der Waals surface area contributed by atoms with Gasteiger partial charge in [-0.2, -0.15) is 0 Å². The fourth-order valence-electron chi connectivity index (χ4n) is 2.06. The Labute approximate surface area is 150 Å². The molecule has 0 aliphatic heterocycles. The third-order valence-corrected chi connectivity index (χ3v) is 4.61. The highest BCUT2D eigenvalue weighted by atomic mass is 32.2. The molecule has 1 N–H and O–H groups in total. The van der Waals surface area contributed by atoms with Crippen molar-refractivity contribution in [2.45, 2.75) is 11.8 Å². The van der Waals surface area contributed by atoms with Gasteiger partial charge in [0.15, 0.2) is 0 Å². The van der Waals surface area contributed by atoms with Gasteiger partial charge in [0.1, 0.15) is 0 Å². The van der Waals surface area contributed by atoms with E-state index in [2.05, 4.69) is 25.0 Å². The Kier molecular flexibility index (Phi) is 4.90. The lowest BCUT2D eigenvalue weighted by molar-refractivity contribution is 0.102. The molecule has 0 atom stereocenters. The van der Waals surface area contributed by atoms with E-state index < -0.39 is 10.0 Å². The van der Waals surface area contributed by atoms with Crippen LogP contribution in [-0.4, -0.2) is 29.3 Å². The van der Waals surface area contributed by atoms with Gasteiger partial charge < -0.3 is 15.3 Å². The summed E-state index contributed by atoms with van der Waals surface area (Å²) < 4.78 is 28.3. The van der Waals surface area contributed by atoms with E-state index in [0.29, 0.717) is 16.9 Å². The second-order valence-electron chi connectivity index (χ2n) is 5.28. The van der Waals surface area contributed by atoms with Gasteiger partial charge >= 0.3 is 0 Å². The number of sulfonamides is 1. The number of hydrogen-bond acceptors (Lipinski definition) is 6. The predicted octanol–water partition coefficient (Wildman–Crippen LogP) is 2.83. The van der Waals surface area contributed by atoms with Gasteiger partial charge in [0, 0.05) is 29.6 Å². The normalized spacial score (nSPS) is 11.0. The Hall–Kier alpha value is -3.33. The molecular formula is C17H14N5O3S-. The summed E-state index contributed by atoms with van der Waals surface area (Å²) in [5, 5.41) is 2.68. The van der Waals surface area contributed by atoms with Crippen molar-refractivity contribution in [1.82, 2.24) is 15.0 Å². The lowest BCUT2D eigenvalue weighted by Gasteiger charge is -2.14. The first kappa shape index (κ1) is 17.5. The summed E-state index contributed by atoms with van der Waals surface area (Å²) >= 11 is 0. The van der Waals surface area contributed by atoms with Crippen LogP contribution in [0.3, 0.4) is 0 Å². The third kappa shape index (κ3) is 4.19. The molecular weight excluding hydrogens is 354 g/mol. The molecule has 2 heterocycles. The van der Waals surface area contributed by atoms with E-state index in [1.165, 1.54) is 42.9 Å². The second kappa shape index (κ2) is 7.28. The Morgan fingerprint density at radius 2 is 1.69 bits per heavy atom. The number of aromatic nitrogens is 3. The van der Waals surface area contributed by atoms with Crippen LogP contribution in [0.1, 0.15) is 16.1 Å². The Bertz CT molecular complexity index is 1020. The number of benzene rings is 1. The van der Waals surface area contributed by atoms with Crippen LogP contribution in [0.2, 0.25) is 0 Å². The van der Waals surface area contributed by atoms with Gasteiger partial charge in [0.25, 0.3) is 5.91 Å².